The molecule has 0 heterocycles. The van der Waals surface area contributed by atoms with E-state index in [1.54, 1.807) is 6.92 Å². The third-order valence-corrected chi connectivity index (χ3v) is 1.90. The van der Waals surface area contributed by atoms with E-state index in [9.17, 15) is 14.0 Å². The molecule has 1 aromatic carbocycles. The van der Waals surface area contributed by atoms with Crippen molar-refractivity contribution in [3.63, 3.8) is 0 Å². The molecule has 0 bridgehead atoms. The zero-order chi connectivity index (χ0) is 11.4. The number of carbonyl (C=O) groups excluding carboxylic acids is 2. The van der Waals surface area contributed by atoms with Gasteiger partial charge in [-0.3, -0.25) is 9.59 Å². The first-order chi connectivity index (χ1) is 7.10. The van der Waals surface area contributed by atoms with Gasteiger partial charge in [-0.05, 0) is 26.0 Å². The van der Waals surface area contributed by atoms with E-state index in [-0.39, 0.29) is 29.3 Å². The summed E-state index contributed by atoms with van der Waals surface area (Å²) in [6.45, 7) is 3.31. The normalized spacial score (nSPS) is 9.80. The predicted octanol–water partition coefficient (Wildman–Crippen LogP) is 2.24. The second kappa shape index (κ2) is 4.68. The van der Waals surface area contributed by atoms with Gasteiger partial charge in [-0.2, -0.15) is 0 Å². The van der Waals surface area contributed by atoms with E-state index in [2.05, 4.69) is 0 Å². The van der Waals surface area contributed by atoms with Crippen molar-refractivity contribution in [2.24, 2.45) is 0 Å². The number of ether oxygens (including phenoxy) is 1. The standard InChI is InChI=1S/C11H11FO3/c1-3-15-10-5-8(7(2)14)4-9(6-13)11(10)12/h4-6H,3H2,1-2H3. The van der Waals surface area contributed by atoms with Crippen molar-refractivity contribution in [1.82, 2.24) is 0 Å². The summed E-state index contributed by atoms with van der Waals surface area (Å²) in [5.74, 6) is -1.02. The van der Waals surface area contributed by atoms with Crippen molar-refractivity contribution in [3.8, 4) is 5.75 Å². The summed E-state index contributed by atoms with van der Waals surface area (Å²) in [6, 6.07) is 2.52. The van der Waals surface area contributed by atoms with Gasteiger partial charge < -0.3 is 4.74 Å². The maximum Gasteiger partial charge on any atom is 0.175 e. The molecule has 3 nitrogen and oxygen atoms in total. The summed E-state index contributed by atoms with van der Waals surface area (Å²) < 4.78 is 18.4. The number of aldehydes is 1. The molecule has 0 atom stereocenters. The summed E-state index contributed by atoms with van der Waals surface area (Å²) in [5.41, 5.74) is 0.105. The van der Waals surface area contributed by atoms with Crippen LogP contribution in [0, 0.1) is 5.82 Å². The van der Waals surface area contributed by atoms with Crippen LogP contribution in [0.25, 0.3) is 0 Å². The lowest BCUT2D eigenvalue weighted by molar-refractivity contribution is 0.101. The van der Waals surface area contributed by atoms with Crippen LogP contribution in [-0.4, -0.2) is 18.7 Å². The topological polar surface area (TPSA) is 43.4 Å². The molecule has 0 aliphatic carbocycles. The number of Topliss-reactive ketones (excluding diaryl/α,β-unsaturated/α-hetero) is 1. The highest BCUT2D eigenvalue weighted by Crippen LogP contribution is 2.22. The van der Waals surface area contributed by atoms with Gasteiger partial charge in [0.25, 0.3) is 0 Å². The fraction of sp³-hybridized carbons (Fsp3) is 0.273. The van der Waals surface area contributed by atoms with Gasteiger partial charge in [0.1, 0.15) is 0 Å². The number of hydrogen-bond acceptors (Lipinski definition) is 3. The van der Waals surface area contributed by atoms with Gasteiger partial charge in [0, 0.05) is 5.56 Å². The molecule has 0 aliphatic heterocycles. The molecule has 0 N–H and O–H groups in total. The van der Waals surface area contributed by atoms with Gasteiger partial charge in [0.2, 0.25) is 0 Å². The Kier molecular flexibility index (Phi) is 3.55. The Bertz CT molecular complexity index is 399. The fourth-order valence-corrected chi connectivity index (χ4v) is 1.17. The van der Waals surface area contributed by atoms with Crippen molar-refractivity contribution in [2.45, 2.75) is 13.8 Å². The molecular weight excluding hydrogens is 199 g/mol. The van der Waals surface area contributed by atoms with E-state index in [1.165, 1.54) is 19.1 Å². The minimum Gasteiger partial charge on any atom is -0.491 e. The number of ketones is 1. The van der Waals surface area contributed by atoms with Crippen LogP contribution in [0.4, 0.5) is 4.39 Å². The summed E-state index contributed by atoms with van der Waals surface area (Å²) in [7, 11) is 0. The summed E-state index contributed by atoms with van der Waals surface area (Å²) in [6.07, 6.45) is 0.365. The van der Waals surface area contributed by atoms with Crippen LogP contribution in [0.15, 0.2) is 12.1 Å². The van der Waals surface area contributed by atoms with Crippen LogP contribution in [-0.2, 0) is 0 Å². The fourth-order valence-electron chi connectivity index (χ4n) is 1.17. The molecule has 0 spiro atoms. The Morgan fingerprint density at radius 1 is 1.53 bits per heavy atom. The summed E-state index contributed by atoms with van der Waals surface area (Å²) >= 11 is 0. The highest BCUT2D eigenvalue weighted by Gasteiger charge is 2.13. The molecule has 1 rings (SSSR count). The molecule has 0 amide bonds. The molecule has 80 valence electrons. The van der Waals surface area contributed by atoms with Gasteiger partial charge in [-0.25, -0.2) is 4.39 Å². The number of hydrogen-bond donors (Lipinski definition) is 0. The minimum absolute atomic E-state index is 0.0627. The largest absolute Gasteiger partial charge is 0.491 e. The lowest BCUT2D eigenvalue weighted by Gasteiger charge is -2.07. The van der Waals surface area contributed by atoms with Crippen LogP contribution in [0.3, 0.4) is 0 Å². The zero-order valence-electron chi connectivity index (χ0n) is 8.54. The SMILES string of the molecule is CCOc1cc(C(C)=O)cc(C=O)c1F. The first-order valence-corrected chi connectivity index (χ1v) is 4.52. The second-order valence-electron chi connectivity index (χ2n) is 2.98. The highest BCUT2D eigenvalue weighted by atomic mass is 19.1. The van der Waals surface area contributed by atoms with Crippen molar-refractivity contribution in [1.29, 1.82) is 0 Å². The Morgan fingerprint density at radius 3 is 2.67 bits per heavy atom. The Hall–Kier alpha value is -1.71. The van der Waals surface area contributed by atoms with Gasteiger partial charge >= 0.3 is 0 Å². The van der Waals surface area contributed by atoms with E-state index in [4.69, 9.17) is 4.74 Å². The average molecular weight is 210 g/mol. The second-order valence-corrected chi connectivity index (χ2v) is 2.98. The molecule has 0 radical (unpaired) electrons. The molecule has 0 fully saturated rings. The molecule has 0 aromatic heterocycles. The summed E-state index contributed by atoms with van der Waals surface area (Å²) in [4.78, 5) is 21.6. The Morgan fingerprint density at radius 2 is 2.20 bits per heavy atom. The van der Waals surface area contributed by atoms with Gasteiger partial charge in [-0.1, -0.05) is 0 Å². The number of carbonyl (C=O) groups is 2. The lowest BCUT2D eigenvalue weighted by atomic mass is 10.1. The molecular formula is C11H11FO3. The van der Waals surface area contributed by atoms with Crippen LogP contribution >= 0.6 is 0 Å². The maximum atomic E-state index is 13.4. The molecule has 0 aliphatic rings. The molecule has 0 saturated heterocycles. The quantitative estimate of drug-likeness (QED) is 0.565. The summed E-state index contributed by atoms with van der Waals surface area (Å²) in [5, 5.41) is 0. The van der Waals surface area contributed by atoms with Gasteiger partial charge in [0.15, 0.2) is 23.6 Å². The molecule has 4 heteroatoms. The van der Waals surface area contributed by atoms with E-state index in [1.807, 2.05) is 0 Å². The van der Waals surface area contributed by atoms with Crippen molar-refractivity contribution < 1.29 is 18.7 Å². The monoisotopic (exact) mass is 210 g/mol. The third kappa shape index (κ3) is 2.40. The Balaban J connectivity index is 3.31. The smallest absolute Gasteiger partial charge is 0.175 e. The predicted molar refractivity (Wildman–Crippen MR) is 53.0 cm³/mol. The van der Waals surface area contributed by atoms with Gasteiger partial charge in [-0.15, -0.1) is 0 Å². The highest BCUT2D eigenvalue weighted by molar-refractivity contribution is 5.96. The van der Waals surface area contributed by atoms with Crippen LogP contribution in [0.1, 0.15) is 34.6 Å². The molecule has 1 aromatic rings. The van der Waals surface area contributed by atoms with Crippen molar-refractivity contribution in [2.75, 3.05) is 6.61 Å². The third-order valence-electron chi connectivity index (χ3n) is 1.90. The minimum atomic E-state index is -0.725. The first kappa shape index (κ1) is 11.4. The lowest BCUT2D eigenvalue weighted by Crippen LogP contribution is -2.02. The van der Waals surface area contributed by atoms with E-state index in [0.717, 1.165) is 0 Å². The van der Waals surface area contributed by atoms with E-state index < -0.39 is 5.82 Å². The maximum absolute atomic E-state index is 13.4. The average Bonchev–Trinajstić information content (AvgIpc) is 2.21. The number of benzene rings is 1. The molecule has 0 saturated carbocycles. The Labute approximate surface area is 86.9 Å². The van der Waals surface area contributed by atoms with E-state index >= 15 is 0 Å². The number of halogens is 1. The van der Waals surface area contributed by atoms with Crippen LogP contribution in [0.2, 0.25) is 0 Å². The first-order valence-electron chi connectivity index (χ1n) is 4.52. The van der Waals surface area contributed by atoms with Crippen LogP contribution < -0.4 is 4.74 Å². The van der Waals surface area contributed by atoms with Gasteiger partial charge in [0.05, 0.1) is 12.2 Å². The molecule has 15 heavy (non-hydrogen) atoms. The van der Waals surface area contributed by atoms with Crippen molar-refractivity contribution >= 4 is 12.1 Å². The van der Waals surface area contributed by atoms with Crippen molar-refractivity contribution in [3.05, 3.63) is 29.1 Å². The van der Waals surface area contributed by atoms with E-state index in [0.29, 0.717) is 6.29 Å². The number of rotatable bonds is 4. The zero-order valence-corrected chi connectivity index (χ0v) is 8.54. The van der Waals surface area contributed by atoms with Crippen LogP contribution in [0.5, 0.6) is 5.75 Å². The molecule has 0 unspecified atom stereocenters.